The van der Waals surface area contributed by atoms with Gasteiger partial charge in [-0.2, -0.15) is 0 Å². The van der Waals surface area contributed by atoms with Crippen LogP contribution in [0.15, 0.2) is 24.3 Å². The number of nitrogens with zero attached hydrogens (tertiary/aromatic N) is 1. The van der Waals surface area contributed by atoms with Crippen LogP contribution in [0.4, 0.5) is 0 Å². The molecule has 0 bridgehead atoms. The Balaban J connectivity index is 2.13. The van der Waals surface area contributed by atoms with Crippen molar-refractivity contribution in [2.24, 2.45) is 11.8 Å². The minimum absolute atomic E-state index is 0.230. The lowest BCUT2D eigenvalue weighted by molar-refractivity contribution is -0.156. The summed E-state index contributed by atoms with van der Waals surface area (Å²) in [5, 5.41) is 13.0. The van der Waals surface area contributed by atoms with Gasteiger partial charge in [0.1, 0.15) is 0 Å². The number of ether oxygens (including phenoxy) is 1. The Kier molecular flexibility index (Phi) is 4.38. The number of likely N-dealkylation sites (tertiary alicyclic amines) is 1. The molecule has 0 aromatic heterocycles. The summed E-state index contributed by atoms with van der Waals surface area (Å²) in [4.78, 5) is 39.2. The van der Waals surface area contributed by atoms with Gasteiger partial charge in [0.2, 0.25) is 11.8 Å². The largest absolute Gasteiger partial charge is 0.468 e. The summed E-state index contributed by atoms with van der Waals surface area (Å²) in [6.07, 6.45) is 0. The zero-order valence-corrected chi connectivity index (χ0v) is 14.5. The first kappa shape index (κ1) is 17.6. The highest BCUT2D eigenvalue weighted by Gasteiger charge is 2.68. The first-order valence-electron chi connectivity index (χ1n) is 8.30. The van der Waals surface area contributed by atoms with E-state index in [0.29, 0.717) is 0 Å². The number of hydrogen-bond acceptors (Lipinski definition) is 6. The number of aryl methyl sites for hydroxylation is 1. The van der Waals surface area contributed by atoms with E-state index in [1.54, 1.807) is 6.92 Å². The third-order valence-electron chi connectivity index (χ3n) is 5.30. The van der Waals surface area contributed by atoms with Crippen molar-refractivity contribution in [1.82, 2.24) is 10.2 Å². The fourth-order valence-electron chi connectivity index (χ4n) is 4.01. The molecule has 2 N–H and O–H groups in total. The van der Waals surface area contributed by atoms with E-state index in [1.807, 2.05) is 31.2 Å². The van der Waals surface area contributed by atoms with Gasteiger partial charge < -0.3 is 9.84 Å². The summed E-state index contributed by atoms with van der Waals surface area (Å²) in [7, 11) is 1.20. The number of benzene rings is 1. The van der Waals surface area contributed by atoms with Crippen molar-refractivity contribution in [2.45, 2.75) is 25.4 Å². The maximum absolute atomic E-state index is 12.8. The number of aliphatic hydroxyl groups is 1. The Morgan fingerprint density at radius 3 is 2.44 bits per heavy atom. The lowest BCUT2D eigenvalue weighted by atomic mass is 9.79. The Hall–Kier alpha value is -2.25. The highest BCUT2D eigenvalue weighted by Crippen LogP contribution is 2.48. The lowest BCUT2D eigenvalue weighted by Crippen LogP contribution is -2.58. The Labute approximate surface area is 146 Å². The third-order valence-corrected chi connectivity index (χ3v) is 5.30. The average molecular weight is 346 g/mol. The normalized spacial score (nSPS) is 31.4. The van der Waals surface area contributed by atoms with Crippen molar-refractivity contribution in [3.05, 3.63) is 35.4 Å². The van der Waals surface area contributed by atoms with Gasteiger partial charge in [-0.15, -0.1) is 0 Å². The number of esters is 1. The van der Waals surface area contributed by atoms with Gasteiger partial charge in [0, 0.05) is 12.6 Å². The SMILES string of the molecule is CCN1C(=O)[C@@H]2[C@@H](c3ccc(C)cc3)N[C@@](CO)(C(=O)OC)[C@@H]2C1=O. The van der Waals surface area contributed by atoms with Gasteiger partial charge in [-0.05, 0) is 19.4 Å². The van der Waals surface area contributed by atoms with Crippen LogP contribution in [0.3, 0.4) is 0 Å². The number of hydrogen-bond donors (Lipinski definition) is 2. The molecule has 2 saturated heterocycles. The van der Waals surface area contributed by atoms with E-state index in [1.165, 1.54) is 7.11 Å². The van der Waals surface area contributed by atoms with Crippen molar-refractivity contribution in [1.29, 1.82) is 0 Å². The van der Waals surface area contributed by atoms with Gasteiger partial charge in [0.25, 0.3) is 0 Å². The predicted molar refractivity (Wildman–Crippen MR) is 88.3 cm³/mol. The maximum atomic E-state index is 12.8. The molecule has 7 heteroatoms. The molecule has 7 nitrogen and oxygen atoms in total. The number of amides is 2. The molecule has 2 aliphatic rings. The van der Waals surface area contributed by atoms with E-state index < -0.39 is 41.9 Å². The van der Waals surface area contributed by atoms with Gasteiger partial charge >= 0.3 is 5.97 Å². The fraction of sp³-hybridized carbons (Fsp3) is 0.500. The van der Waals surface area contributed by atoms with Crippen molar-refractivity contribution in [3.63, 3.8) is 0 Å². The molecule has 2 aliphatic heterocycles. The number of carbonyl (C=O) groups is 3. The summed E-state index contributed by atoms with van der Waals surface area (Å²) < 4.78 is 4.85. The molecular weight excluding hydrogens is 324 g/mol. The fourth-order valence-corrected chi connectivity index (χ4v) is 4.01. The second-order valence-electron chi connectivity index (χ2n) is 6.58. The molecule has 0 unspecified atom stereocenters. The molecule has 2 fully saturated rings. The third kappa shape index (κ3) is 2.38. The molecule has 2 amide bonds. The van der Waals surface area contributed by atoms with Crippen LogP contribution < -0.4 is 5.32 Å². The number of imide groups is 1. The molecule has 4 atom stereocenters. The van der Waals surface area contributed by atoms with Gasteiger partial charge in [-0.3, -0.25) is 19.8 Å². The van der Waals surface area contributed by atoms with Crippen LogP contribution in [0.1, 0.15) is 24.1 Å². The number of methoxy groups -OCH3 is 1. The summed E-state index contributed by atoms with van der Waals surface area (Å²) in [5.74, 6) is -3.24. The Morgan fingerprint density at radius 2 is 1.92 bits per heavy atom. The molecule has 2 heterocycles. The van der Waals surface area contributed by atoms with E-state index in [2.05, 4.69) is 5.32 Å². The molecule has 25 heavy (non-hydrogen) atoms. The monoisotopic (exact) mass is 346 g/mol. The first-order valence-corrected chi connectivity index (χ1v) is 8.30. The molecule has 134 valence electrons. The minimum atomic E-state index is -1.62. The molecule has 0 saturated carbocycles. The van der Waals surface area contributed by atoms with Gasteiger partial charge in [0.15, 0.2) is 5.54 Å². The summed E-state index contributed by atoms with van der Waals surface area (Å²) in [6.45, 7) is 3.27. The van der Waals surface area contributed by atoms with Crippen molar-refractivity contribution < 1.29 is 24.2 Å². The van der Waals surface area contributed by atoms with Crippen LogP contribution >= 0.6 is 0 Å². The van der Waals surface area contributed by atoms with E-state index in [4.69, 9.17) is 4.74 Å². The number of aliphatic hydroxyl groups excluding tert-OH is 1. The molecule has 1 aromatic carbocycles. The first-order chi connectivity index (χ1) is 11.9. The molecule has 1 aromatic rings. The van der Waals surface area contributed by atoms with Gasteiger partial charge in [0.05, 0.1) is 25.6 Å². The van der Waals surface area contributed by atoms with Crippen molar-refractivity contribution in [3.8, 4) is 0 Å². The second-order valence-corrected chi connectivity index (χ2v) is 6.58. The van der Waals surface area contributed by atoms with Crippen LogP contribution in [0, 0.1) is 18.8 Å². The quantitative estimate of drug-likeness (QED) is 0.596. The summed E-state index contributed by atoms with van der Waals surface area (Å²) >= 11 is 0. The molecule has 0 spiro atoms. The molecular formula is C18H22N2O5. The van der Waals surface area contributed by atoms with E-state index in [0.717, 1.165) is 16.0 Å². The molecule has 3 rings (SSSR count). The van der Waals surface area contributed by atoms with E-state index in [-0.39, 0.29) is 12.5 Å². The van der Waals surface area contributed by atoms with Gasteiger partial charge in [-0.25, -0.2) is 4.79 Å². The number of nitrogens with one attached hydrogen (secondary N) is 1. The van der Waals surface area contributed by atoms with Crippen LogP contribution in [0.2, 0.25) is 0 Å². The highest BCUT2D eigenvalue weighted by atomic mass is 16.5. The van der Waals surface area contributed by atoms with Crippen LogP contribution in [0.5, 0.6) is 0 Å². The zero-order chi connectivity index (χ0) is 18.4. The zero-order valence-electron chi connectivity index (χ0n) is 14.5. The predicted octanol–water partition coefficient (Wildman–Crippen LogP) is 0.165. The van der Waals surface area contributed by atoms with E-state index >= 15 is 0 Å². The number of rotatable bonds is 4. The standard InChI is InChI=1S/C18H22N2O5/c1-4-20-15(22)12-13(16(20)23)18(9-21,17(24)25-3)19-14(12)11-7-5-10(2)6-8-11/h5-8,12-14,19,21H,4,9H2,1-3H3/t12-,13-,14+,18+/m0/s1. The topological polar surface area (TPSA) is 95.9 Å². The van der Waals surface area contributed by atoms with E-state index in [9.17, 15) is 19.5 Å². The van der Waals surface area contributed by atoms with Crippen LogP contribution in [-0.2, 0) is 19.1 Å². The van der Waals surface area contributed by atoms with Crippen molar-refractivity contribution in [2.75, 3.05) is 20.3 Å². The van der Waals surface area contributed by atoms with Gasteiger partial charge in [-0.1, -0.05) is 29.8 Å². The van der Waals surface area contributed by atoms with Crippen molar-refractivity contribution >= 4 is 17.8 Å². The number of fused-ring (bicyclic) bond motifs is 1. The molecule has 0 radical (unpaired) electrons. The van der Waals surface area contributed by atoms with Crippen LogP contribution in [0.25, 0.3) is 0 Å². The average Bonchev–Trinajstić information content (AvgIpc) is 3.10. The second kappa shape index (κ2) is 6.24. The highest BCUT2D eigenvalue weighted by molar-refractivity contribution is 6.09. The minimum Gasteiger partial charge on any atom is -0.468 e. The lowest BCUT2D eigenvalue weighted by Gasteiger charge is -2.30. The smallest absolute Gasteiger partial charge is 0.329 e. The maximum Gasteiger partial charge on any atom is 0.329 e. The summed E-state index contributed by atoms with van der Waals surface area (Å²) in [5.41, 5.74) is 0.230. The summed E-state index contributed by atoms with van der Waals surface area (Å²) in [6, 6.07) is 6.98. The van der Waals surface area contributed by atoms with Crippen LogP contribution in [-0.4, -0.2) is 53.6 Å². The Morgan fingerprint density at radius 1 is 1.28 bits per heavy atom. The Bertz CT molecular complexity index is 717. The molecule has 0 aliphatic carbocycles. The number of carbonyl (C=O) groups excluding carboxylic acids is 3.